The third kappa shape index (κ3) is 6.65. The first kappa shape index (κ1) is 31.7. The molecular formula is C30H33F6N9O. The number of aromatic nitrogens is 7. The van der Waals surface area contributed by atoms with Crippen molar-refractivity contribution in [1.29, 1.82) is 0 Å². The summed E-state index contributed by atoms with van der Waals surface area (Å²) in [6.45, 7) is 1.77. The number of aryl methyl sites for hydroxylation is 3. The van der Waals surface area contributed by atoms with E-state index >= 15 is 0 Å². The molecule has 3 heterocycles. The van der Waals surface area contributed by atoms with Crippen molar-refractivity contribution < 1.29 is 31.1 Å². The molecule has 2 aliphatic carbocycles. The van der Waals surface area contributed by atoms with Gasteiger partial charge in [0.25, 0.3) is 5.95 Å². The Kier molecular flexibility index (Phi) is 8.17. The minimum atomic E-state index is -5.00. The van der Waals surface area contributed by atoms with Crippen LogP contribution in [-0.4, -0.2) is 47.4 Å². The van der Waals surface area contributed by atoms with Crippen LogP contribution in [0, 0.1) is 18.8 Å². The normalized spacial score (nSPS) is 16.0. The summed E-state index contributed by atoms with van der Waals surface area (Å²) in [7, 11) is 3.24. The Morgan fingerprint density at radius 2 is 1.57 bits per heavy atom. The Balaban J connectivity index is 1.47. The van der Waals surface area contributed by atoms with Gasteiger partial charge in [-0.15, -0.1) is 5.10 Å². The lowest BCUT2D eigenvalue weighted by atomic mass is 10.0. The molecule has 0 N–H and O–H groups in total. The van der Waals surface area contributed by atoms with Crippen LogP contribution < -0.4 is 9.80 Å². The Bertz CT molecular complexity index is 1720. The number of hydrogen-bond donors (Lipinski definition) is 0. The zero-order valence-electron chi connectivity index (χ0n) is 25.5. The number of rotatable bonds is 9. The molecule has 3 aromatic heterocycles. The third-order valence-corrected chi connectivity index (χ3v) is 8.58. The van der Waals surface area contributed by atoms with E-state index in [1.165, 1.54) is 11.9 Å². The molecule has 2 fully saturated rings. The number of pyridine rings is 1. The van der Waals surface area contributed by atoms with Gasteiger partial charge in [0.2, 0.25) is 5.91 Å². The predicted octanol–water partition coefficient (Wildman–Crippen LogP) is 5.98. The summed E-state index contributed by atoms with van der Waals surface area (Å²) in [5, 5.41) is 17.3. The molecule has 2 aliphatic rings. The minimum absolute atomic E-state index is 0.0155. The van der Waals surface area contributed by atoms with Crippen LogP contribution in [0.15, 0.2) is 24.3 Å². The fourth-order valence-corrected chi connectivity index (χ4v) is 6.09. The highest BCUT2D eigenvalue weighted by Crippen LogP contribution is 2.39. The average Bonchev–Trinajstić information content (AvgIpc) is 3.32. The SMILES string of the molecule is Cc1nn(C)c2nc(N(CC3CC3)C(=O)C3CCCC3)c(CN(Cc3cc(C(F)(F)F)cc(C(F)(F)F)c3)c3nnn(C)n3)cc12. The van der Waals surface area contributed by atoms with Crippen molar-refractivity contribution in [1.82, 2.24) is 35.0 Å². The van der Waals surface area contributed by atoms with Crippen LogP contribution in [0.25, 0.3) is 11.0 Å². The van der Waals surface area contributed by atoms with Crippen LogP contribution in [0.1, 0.15) is 66.5 Å². The standard InChI is InChI=1S/C30H33F6N9O/c1-17-24-12-21(25(37-26(24)42(2)39-17)45(15-18-8-9-18)27(46)20-6-4-5-7-20)16-44(28-38-41-43(3)40-28)14-19-10-22(29(31,32)33)13-23(11-19)30(34,35)36/h10-13,18,20H,4-9,14-16H2,1-3H3. The second-order valence-corrected chi connectivity index (χ2v) is 12.3. The molecule has 0 aliphatic heterocycles. The molecule has 0 unspecified atom stereocenters. The lowest BCUT2D eigenvalue weighted by molar-refractivity contribution is -0.143. The number of tetrazole rings is 1. The minimum Gasteiger partial charge on any atom is -0.329 e. The summed E-state index contributed by atoms with van der Waals surface area (Å²) < 4.78 is 83.9. The number of anilines is 2. The monoisotopic (exact) mass is 649 g/mol. The number of halogens is 6. The first-order chi connectivity index (χ1) is 21.7. The average molecular weight is 650 g/mol. The van der Waals surface area contributed by atoms with Gasteiger partial charge in [-0.1, -0.05) is 17.9 Å². The maximum Gasteiger partial charge on any atom is 0.416 e. The van der Waals surface area contributed by atoms with Gasteiger partial charge in [0.05, 0.1) is 30.4 Å². The van der Waals surface area contributed by atoms with E-state index in [9.17, 15) is 31.1 Å². The highest BCUT2D eigenvalue weighted by molar-refractivity contribution is 5.96. The molecule has 0 spiro atoms. The van der Waals surface area contributed by atoms with Crippen LogP contribution >= 0.6 is 0 Å². The molecular weight excluding hydrogens is 616 g/mol. The summed E-state index contributed by atoms with van der Waals surface area (Å²) in [6, 6.07) is 3.31. The fraction of sp³-hybridized carbons (Fsp3) is 0.533. The van der Waals surface area contributed by atoms with Crippen molar-refractivity contribution >= 4 is 28.7 Å². The summed E-state index contributed by atoms with van der Waals surface area (Å²) >= 11 is 0. The lowest BCUT2D eigenvalue weighted by Gasteiger charge is -2.29. The Hall–Kier alpha value is -4.24. The number of carbonyl (C=O) groups is 1. The van der Waals surface area contributed by atoms with Crippen LogP contribution in [0.3, 0.4) is 0 Å². The van der Waals surface area contributed by atoms with Crippen LogP contribution in [0.4, 0.5) is 38.1 Å². The van der Waals surface area contributed by atoms with Crippen LogP contribution in [0.5, 0.6) is 0 Å². The quantitative estimate of drug-likeness (QED) is 0.206. The molecule has 1 aromatic carbocycles. The van der Waals surface area contributed by atoms with Crippen LogP contribution in [0.2, 0.25) is 0 Å². The van der Waals surface area contributed by atoms with E-state index in [-0.39, 0.29) is 35.9 Å². The maximum absolute atomic E-state index is 14.0. The lowest BCUT2D eigenvalue weighted by Crippen LogP contribution is -2.39. The number of benzene rings is 1. The first-order valence-electron chi connectivity index (χ1n) is 15.1. The van der Waals surface area contributed by atoms with E-state index in [2.05, 4.69) is 20.5 Å². The molecule has 16 heteroatoms. The van der Waals surface area contributed by atoms with Gasteiger partial charge >= 0.3 is 12.4 Å². The molecule has 246 valence electrons. The van der Waals surface area contributed by atoms with Crippen molar-refractivity contribution in [3.8, 4) is 0 Å². The van der Waals surface area contributed by atoms with Crippen molar-refractivity contribution in [2.45, 2.75) is 70.9 Å². The maximum atomic E-state index is 14.0. The van der Waals surface area contributed by atoms with Gasteiger partial charge in [-0.3, -0.25) is 14.4 Å². The Morgan fingerprint density at radius 1 is 0.913 bits per heavy atom. The topological polar surface area (TPSA) is 97.9 Å². The summed E-state index contributed by atoms with van der Waals surface area (Å²) in [6.07, 6.45) is -4.60. The van der Waals surface area contributed by atoms with Gasteiger partial charge in [-0.05, 0) is 73.6 Å². The Morgan fingerprint density at radius 3 is 2.13 bits per heavy atom. The zero-order chi connectivity index (χ0) is 33.0. The van der Waals surface area contributed by atoms with Gasteiger partial charge in [0.1, 0.15) is 5.82 Å². The zero-order valence-corrected chi connectivity index (χ0v) is 25.5. The van der Waals surface area contributed by atoms with Crippen LogP contribution in [-0.2, 0) is 44.3 Å². The third-order valence-electron chi connectivity index (χ3n) is 8.58. The first-order valence-corrected chi connectivity index (χ1v) is 15.1. The number of hydrogen-bond acceptors (Lipinski definition) is 7. The number of fused-ring (bicyclic) bond motifs is 1. The number of nitrogens with zero attached hydrogens (tertiary/aromatic N) is 9. The Labute approximate surface area is 260 Å². The molecule has 1 amide bonds. The van der Waals surface area contributed by atoms with Crippen molar-refractivity contribution in [2.24, 2.45) is 25.9 Å². The highest BCUT2D eigenvalue weighted by atomic mass is 19.4. The molecule has 4 aromatic rings. The molecule has 0 radical (unpaired) electrons. The smallest absolute Gasteiger partial charge is 0.329 e. The van der Waals surface area contributed by atoms with Gasteiger partial charge in [0, 0.05) is 37.0 Å². The number of alkyl halides is 6. The molecule has 6 rings (SSSR count). The molecule has 0 saturated heterocycles. The van der Waals surface area contributed by atoms with Crippen molar-refractivity contribution in [3.63, 3.8) is 0 Å². The van der Waals surface area contributed by atoms with E-state index in [0.29, 0.717) is 52.7 Å². The fourth-order valence-electron chi connectivity index (χ4n) is 6.09. The number of amides is 1. The van der Waals surface area contributed by atoms with E-state index in [0.717, 1.165) is 43.3 Å². The van der Waals surface area contributed by atoms with E-state index in [4.69, 9.17) is 4.98 Å². The van der Waals surface area contributed by atoms with Gasteiger partial charge in [-0.2, -0.15) is 36.2 Å². The molecule has 2 saturated carbocycles. The van der Waals surface area contributed by atoms with E-state index in [1.54, 1.807) is 16.6 Å². The summed E-state index contributed by atoms with van der Waals surface area (Å²) in [4.78, 5) is 23.2. The second kappa shape index (κ2) is 11.8. The summed E-state index contributed by atoms with van der Waals surface area (Å²) in [5.74, 6) is 0.494. The van der Waals surface area contributed by atoms with Gasteiger partial charge in [-0.25, -0.2) is 4.98 Å². The van der Waals surface area contributed by atoms with Crippen molar-refractivity contribution in [3.05, 3.63) is 52.2 Å². The molecule has 0 atom stereocenters. The van der Waals surface area contributed by atoms with Crippen molar-refractivity contribution in [2.75, 3.05) is 16.3 Å². The molecule has 0 bridgehead atoms. The molecule has 46 heavy (non-hydrogen) atoms. The van der Waals surface area contributed by atoms with Gasteiger partial charge < -0.3 is 4.90 Å². The second-order valence-electron chi connectivity index (χ2n) is 12.3. The highest BCUT2D eigenvalue weighted by Gasteiger charge is 2.38. The summed E-state index contributed by atoms with van der Waals surface area (Å²) in [5.41, 5.74) is -1.34. The van der Waals surface area contributed by atoms with Gasteiger partial charge in [0.15, 0.2) is 5.65 Å². The number of carbonyl (C=O) groups excluding carboxylic acids is 1. The van der Waals surface area contributed by atoms with E-state index in [1.807, 2.05) is 13.0 Å². The largest absolute Gasteiger partial charge is 0.416 e. The van der Waals surface area contributed by atoms with E-state index < -0.39 is 30.0 Å². The molecule has 10 nitrogen and oxygen atoms in total. The predicted molar refractivity (Wildman–Crippen MR) is 155 cm³/mol.